The van der Waals surface area contributed by atoms with E-state index in [1.54, 1.807) is 0 Å². The Morgan fingerprint density at radius 1 is 1.00 bits per heavy atom. The van der Waals surface area contributed by atoms with Gasteiger partial charge in [0.05, 0.1) is 13.2 Å². The van der Waals surface area contributed by atoms with Gasteiger partial charge < -0.3 is 15.2 Å². The van der Waals surface area contributed by atoms with Crippen LogP contribution in [0.15, 0.2) is 18.2 Å². The highest BCUT2D eigenvalue weighted by molar-refractivity contribution is 5.44. The maximum Gasteiger partial charge on any atom is 0.161 e. The maximum atomic E-state index is 6.00. The number of hydrogen-bond donors (Lipinski definition) is 1. The first kappa shape index (κ1) is 16.8. The van der Waals surface area contributed by atoms with Crippen LogP contribution in [0.2, 0.25) is 0 Å². The van der Waals surface area contributed by atoms with E-state index >= 15 is 0 Å². The molecule has 2 atom stereocenters. The molecular formula is C17H29NO2. The van der Waals surface area contributed by atoms with Gasteiger partial charge in [0.1, 0.15) is 0 Å². The zero-order valence-corrected chi connectivity index (χ0v) is 13.3. The van der Waals surface area contributed by atoms with E-state index in [-0.39, 0.29) is 0 Å². The first-order valence-electron chi connectivity index (χ1n) is 7.77. The lowest BCUT2D eigenvalue weighted by Gasteiger charge is -2.17. The highest BCUT2D eigenvalue weighted by atomic mass is 16.5. The third-order valence-electron chi connectivity index (χ3n) is 3.63. The number of nitrogens with two attached hydrogens (primary N) is 1. The molecule has 3 heteroatoms. The van der Waals surface area contributed by atoms with E-state index < -0.39 is 0 Å². The number of rotatable bonds is 9. The molecule has 0 bridgehead atoms. The highest BCUT2D eigenvalue weighted by Gasteiger charge is 2.12. The Bertz CT molecular complexity index is 393. The molecule has 114 valence electrons. The summed E-state index contributed by atoms with van der Waals surface area (Å²) in [6.45, 7) is 9.66. The summed E-state index contributed by atoms with van der Waals surface area (Å²) in [5.74, 6) is 2.16. The largest absolute Gasteiger partial charge is 0.490 e. The van der Waals surface area contributed by atoms with E-state index in [0.29, 0.717) is 25.2 Å². The maximum absolute atomic E-state index is 6.00. The summed E-state index contributed by atoms with van der Waals surface area (Å²) in [5.41, 5.74) is 7.29. The third-order valence-corrected chi connectivity index (χ3v) is 3.63. The lowest BCUT2D eigenvalue weighted by Crippen LogP contribution is -2.18. The zero-order chi connectivity index (χ0) is 15.0. The predicted molar refractivity (Wildman–Crippen MR) is 84.7 cm³/mol. The van der Waals surface area contributed by atoms with Gasteiger partial charge >= 0.3 is 0 Å². The normalized spacial score (nSPS) is 13.8. The molecule has 0 heterocycles. The molecule has 0 radical (unpaired) electrons. The van der Waals surface area contributed by atoms with Gasteiger partial charge in [0, 0.05) is 6.04 Å². The van der Waals surface area contributed by atoms with Crippen LogP contribution < -0.4 is 15.2 Å². The van der Waals surface area contributed by atoms with E-state index in [0.717, 1.165) is 30.8 Å². The lowest BCUT2D eigenvalue weighted by molar-refractivity contribution is 0.287. The van der Waals surface area contributed by atoms with Crippen molar-refractivity contribution >= 4 is 0 Å². The average molecular weight is 279 g/mol. The smallest absolute Gasteiger partial charge is 0.161 e. The van der Waals surface area contributed by atoms with Crippen LogP contribution in [0.5, 0.6) is 11.5 Å². The van der Waals surface area contributed by atoms with Crippen LogP contribution in [-0.2, 0) is 0 Å². The Kier molecular flexibility index (Phi) is 7.45. The Balaban J connectivity index is 2.76. The first-order valence-corrected chi connectivity index (χ1v) is 7.77. The van der Waals surface area contributed by atoms with Crippen molar-refractivity contribution in [3.63, 3.8) is 0 Å². The van der Waals surface area contributed by atoms with Crippen molar-refractivity contribution in [2.75, 3.05) is 13.2 Å². The second kappa shape index (κ2) is 8.85. The summed E-state index contributed by atoms with van der Waals surface area (Å²) < 4.78 is 11.3. The number of hydrogen-bond acceptors (Lipinski definition) is 3. The van der Waals surface area contributed by atoms with E-state index in [2.05, 4.69) is 26.0 Å². The van der Waals surface area contributed by atoms with Gasteiger partial charge in [0.2, 0.25) is 0 Å². The predicted octanol–water partition coefficient (Wildman–Crippen LogP) is 4.11. The molecule has 0 aliphatic carbocycles. The standard InChI is InChI=1S/C17H29NO2/c1-5-15(18)10-8-13(4)14-9-11-16(19-6-2)17(12-14)20-7-3/h9,11-13,15H,5-8,10,18H2,1-4H3. The van der Waals surface area contributed by atoms with Gasteiger partial charge in [-0.1, -0.05) is 19.9 Å². The summed E-state index contributed by atoms with van der Waals surface area (Å²) in [4.78, 5) is 0. The van der Waals surface area contributed by atoms with E-state index in [1.807, 2.05) is 19.9 Å². The Labute approximate surface area is 123 Å². The van der Waals surface area contributed by atoms with Crippen molar-refractivity contribution in [1.29, 1.82) is 0 Å². The molecule has 0 aliphatic heterocycles. The molecule has 2 unspecified atom stereocenters. The van der Waals surface area contributed by atoms with Crippen molar-refractivity contribution in [2.45, 2.75) is 58.9 Å². The summed E-state index contributed by atoms with van der Waals surface area (Å²) in [6, 6.07) is 6.57. The summed E-state index contributed by atoms with van der Waals surface area (Å²) in [6.07, 6.45) is 3.21. The summed E-state index contributed by atoms with van der Waals surface area (Å²) in [7, 11) is 0. The zero-order valence-electron chi connectivity index (χ0n) is 13.3. The van der Waals surface area contributed by atoms with Crippen molar-refractivity contribution in [3.8, 4) is 11.5 Å². The number of benzene rings is 1. The van der Waals surface area contributed by atoms with Crippen molar-refractivity contribution in [3.05, 3.63) is 23.8 Å². The minimum absolute atomic E-state index is 0.312. The van der Waals surface area contributed by atoms with Gasteiger partial charge in [-0.15, -0.1) is 0 Å². The fourth-order valence-corrected chi connectivity index (χ4v) is 2.21. The van der Waals surface area contributed by atoms with Crippen LogP contribution in [-0.4, -0.2) is 19.3 Å². The second-order valence-electron chi connectivity index (χ2n) is 5.22. The molecular weight excluding hydrogens is 250 g/mol. The van der Waals surface area contributed by atoms with Gasteiger partial charge in [-0.3, -0.25) is 0 Å². The number of ether oxygens (including phenoxy) is 2. The Morgan fingerprint density at radius 2 is 1.65 bits per heavy atom. The van der Waals surface area contributed by atoms with Gasteiger partial charge in [0.25, 0.3) is 0 Å². The monoisotopic (exact) mass is 279 g/mol. The van der Waals surface area contributed by atoms with E-state index in [1.165, 1.54) is 5.56 Å². The third kappa shape index (κ3) is 5.04. The van der Waals surface area contributed by atoms with Crippen LogP contribution in [0.25, 0.3) is 0 Å². The molecule has 1 aromatic carbocycles. The average Bonchev–Trinajstić information content (AvgIpc) is 2.46. The molecule has 2 N–H and O–H groups in total. The molecule has 20 heavy (non-hydrogen) atoms. The molecule has 0 saturated carbocycles. The van der Waals surface area contributed by atoms with Crippen LogP contribution >= 0.6 is 0 Å². The van der Waals surface area contributed by atoms with Gasteiger partial charge in [-0.05, 0) is 56.7 Å². The van der Waals surface area contributed by atoms with E-state index in [9.17, 15) is 0 Å². The minimum atomic E-state index is 0.312. The quantitative estimate of drug-likeness (QED) is 0.740. The fraction of sp³-hybridized carbons (Fsp3) is 0.647. The Hall–Kier alpha value is -1.22. The second-order valence-corrected chi connectivity index (χ2v) is 5.22. The van der Waals surface area contributed by atoms with Gasteiger partial charge in [-0.25, -0.2) is 0 Å². The van der Waals surface area contributed by atoms with Gasteiger partial charge in [-0.2, -0.15) is 0 Å². The van der Waals surface area contributed by atoms with Crippen molar-refractivity contribution in [1.82, 2.24) is 0 Å². The van der Waals surface area contributed by atoms with Gasteiger partial charge in [0.15, 0.2) is 11.5 Å². The molecule has 0 aliphatic rings. The van der Waals surface area contributed by atoms with Crippen LogP contribution in [0.3, 0.4) is 0 Å². The molecule has 1 rings (SSSR count). The molecule has 1 aromatic rings. The topological polar surface area (TPSA) is 44.5 Å². The fourth-order valence-electron chi connectivity index (χ4n) is 2.21. The highest BCUT2D eigenvalue weighted by Crippen LogP contribution is 2.32. The summed E-state index contributed by atoms with van der Waals surface area (Å²) >= 11 is 0. The Morgan fingerprint density at radius 3 is 2.25 bits per heavy atom. The van der Waals surface area contributed by atoms with Crippen LogP contribution in [0.4, 0.5) is 0 Å². The lowest BCUT2D eigenvalue weighted by atomic mass is 9.93. The van der Waals surface area contributed by atoms with Crippen molar-refractivity contribution in [2.24, 2.45) is 5.73 Å². The van der Waals surface area contributed by atoms with Crippen molar-refractivity contribution < 1.29 is 9.47 Å². The molecule has 0 aromatic heterocycles. The van der Waals surface area contributed by atoms with Crippen LogP contribution in [0.1, 0.15) is 58.4 Å². The first-order chi connectivity index (χ1) is 9.62. The minimum Gasteiger partial charge on any atom is -0.490 e. The van der Waals surface area contributed by atoms with Crippen LogP contribution in [0, 0.1) is 0 Å². The molecule has 0 fully saturated rings. The molecule has 0 saturated heterocycles. The SMILES string of the molecule is CCOc1ccc(C(C)CCC(N)CC)cc1OCC. The molecule has 0 amide bonds. The molecule has 3 nitrogen and oxygen atoms in total. The summed E-state index contributed by atoms with van der Waals surface area (Å²) in [5, 5.41) is 0. The van der Waals surface area contributed by atoms with E-state index in [4.69, 9.17) is 15.2 Å². The molecule has 0 spiro atoms.